The molecule has 0 atom stereocenters. The van der Waals surface area contributed by atoms with E-state index < -0.39 is 0 Å². The van der Waals surface area contributed by atoms with Crippen LogP contribution in [0.25, 0.3) is 10.2 Å². The van der Waals surface area contributed by atoms with Crippen LogP contribution >= 0.6 is 11.3 Å². The molecule has 9 heteroatoms. The molecule has 2 fully saturated rings. The van der Waals surface area contributed by atoms with Gasteiger partial charge in [0.05, 0.1) is 31.2 Å². The summed E-state index contributed by atoms with van der Waals surface area (Å²) in [5.41, 5.74) is 0.334. The molecule has 2 aromatic heterocycles. The Kier molecular flexibility index (Phi) is 5.78. The van der Waals surface area contributed by atoms with E-state index in [1.165, 1.54) is 28.7 Å². The molecule has 1 aliphatic carbocycles. The minimum atomic E-state index is -0.285. The summed E-state index contributed by atoms with van der Waals surface area (Å²) >= 11 is 1.44. The highest BCUT2D eigenvalue weighted by molar-refractivity contribution is 7.18. The van der Waals surface area contributed by atoms with Crippen LogP contribution in [0.1, 0.15) is 43.0 Å². The topological polar surface area (TPSA) is 85.6 Å². The lowest BCUT2D eigenvalue weighted by Crippen LogP contribution is -2.40. The fourth-order valence-electron chi connectivity index (χ4n) is 4.27. The molecule has 2 aromatic rings. The molecule has 0 radical (unpaired) electrons. The zero-order valence-corrected chi connectivity index (χ0v) is 17.8. The molecule has 158 valence electrons. The summed E-state index contributed by atoms with van der Waals surface area (Å²) in [7, 11) is 0. The molecule has 2 aliphatic rings. The molecule has 1 N–H and O–H groups in total. The van der Waals surface area contributed by atoms with E-state index in [0.29, 0.717) is 49.5 Å². The van der Waals surface area contributed by atoms with Gasteiger partial charge in [-0.25, -0.2) is 9.59 Å². The molecule has 0 bridgehead atoms. The first-order chi connectivity index (χ1) is 14.0. The highest BCUT2D eigenvalue weighted by atomic mass is 32.1. The van der Waals surface area contributed by atoms with E-state index in [-0.39, 0.29) is 23.4 Å². The Morgan fingerprint density at radius 2 is 1.93 bits per heavy atom. The van der Waals surface area contributed by atoms with Crippen LogP contribution < -0.4 is 16.6 Å². The van der Waals surface area contributed by atoms with Gasteiger partial charge in [0, 0.05) is 24.5 Å². The Balaban J connectivity index is 1.70. The van der Waals surface area contributed by atoms with E-state index in [9.17, 15) is 14.4 Å². The summed E-state index contributed by atoms with van der Waals surface area (Å²) in [6.45, 7) is 6.67. The van der Waals surface area contributed by atoms with Crippen molar-refractivity contribution in [1.82, 2.24) is 19.4 Å². The number of hydrogen-bond acceptors (Lipinski definition) is 5. The number of carbonyl (C=O) groups excluding carboxylic acids is 1. The standard InChI is InChI=1S/C20H28N4O4S/c1-3-23-17(25)16-13(2)15(12-22-9-8-21-19(22)26)29-18(16)24(20(23)27)10-11-28-14-6-4-5-7-14/h14H,3-12H2,1-2H3,(H,21,26). The van der Waals surface area contributed by atoms with Crippen molar-refractivity contribution in [2.75, 3.05) is 19.7 Å². The maximum atomic E-state index is 13.0. The van der Waals surface area contributed by atoms with E-state index >= 15 is 0 Å². The molecular weight excluding hydrogens is 392 g/mol. The number of ether oxygens (including phenoxy) is 1. The monoisotopic (exact) mass is 420 g/mol. The number of thiophene rings is 1. The van der Waals surface area contributed by atoms with E-state index in [4.69, 9.17) is 4.74 Å². The normalized spacial score (nSPS) is 17.6. The number of nitrogens with one attached hydrogen (secondary N) is 1. The number of nitrogens with zero attached hydrogens (tertiary/aromatic N) is 3. The Morgan fingerprint density at radius 3 is 2.59 bits per heavy atom. The molecule has 8 nitrogen and oxygen atoms in total. The van der Waals surface area contributed by atoms with Gasteiger partial charge in [0.1, 0.15) is 4.83 Å². The van der Waals surface area contributed by atoms with Gasteiger partial charge in [0.25, 0.3) is 5.56 Å². The van der Waals surface area contributed by atoms with Crippen LogP contribution in [0.3, 0.4) is 0 Å². The number of hydrogen-bond donors (Lipinski definition) is 1. The molecular formula is C20H28N4O4S. The summed E-state index contributed by atoms with van der Waals surface area (Å²) in [6, 6.07) is -0.0878. The van der Waals surface area contributed by atoms with Crippen LogP contribution in [-0.4, -0.2) is 45.9 Å². The van der Waals surface area contributed by atoms with Gasteiger partial charge in [0.2, 0.25) is 0 Å². The average molecular weight is 421 g/mol. The van der Waals surface area contributed by atoms with Crippen LogP contribution in [0, 0.1) is 6.92 Å². The maximum absolute atomic E-state index is 13.0. The van der Waals surface area contributed by atoms with Gasteiger partial charge < -0.3 is 15.0 Å². The van der Waals surface area contributed by atoms with Crippen LogP contribution in [-0.2, 0) is 24.4 Å². The van der Waals surface area contributed by atoms with Crippen molar-refractivity contribution in [2.24, 2.45) is 0 Å². The smallest absolute Gasteiger partial charge is 0.332 e. The fraction of sp³-hybridized carbons (Fsp3) is 0.650. The first kappa shape index (κ1) is 20.2. The van der Waals surface area contributed by atoms with Crippen molar-refractivity contribution in [3.8, 4) is 0 Å². The van der Waals surface area contributed by atoms with Crippen LogP contribution in [0.5, 0.6) is 0 Å². The lowest BCUT2D eigenvalue weighted by atomic mass is 10.2. The number of carbonyl (C=O) groups is 1. The molecule has 2 amide bonds. The minimum absolute atomic E-state index is 0.0878. The number of rotatable bonds is 7. The number of aryl methyl sites for hydroxylation is 1. The van der Waals surface area contributed by atoms with Gasteiger partial charge >= 0.3 is 11.7 Å². The molecule has 1 saturated heterocycles. The van der Waals surface area contributed by atoms with Crippen LogP contribution in [0.4, 0.5) is 4.79 Å². The zero-order valence-electron chi connectivity index (χ0n) is 17.0. The Morgan fingerprint density at radius 1 is 1.17 bits per heavy atom. The van der Waals surface area contributed by atoms with Crippen molar-refractivity contribution < 1.29 is 9.53 Å². The lowest BCUT2D eigenvalue weighted by molar-refractivity contribution is 0.0528. The molecule has 3 heterocycles. The third kappa shape index (κ3) is 3.73. The quantitative estimate of drug-likeness (QED) is 0.743. The van der Waals surface area contributed by atoms with E-state index in [1.54, 1.807) is 9.47 Å². The van der Waals surface area contributed by atoms with Crippen LogP contribution in [0.15, 0.2) is 9.59 Å². The fourth-order valence-corrected chi connectivity index (χ4v) is 5.60. The summed E-state index contributed by atoms with van der Waals surface area (Å²) in [5, 5.41) is 3.39. The van der Waals surface area contributed by atoms with Gasteiger partial charge in [0.15, 0.2) is 0 Å². The number of fused-ring (bicyclic) bond motifs is 1. The summed E-state index contributed by atoms with van der Waals surface area (Å²) in [4.78, 5) is 41.3. The highest BCUT2D eigenvalue weighted by Crippen LogP contribution is 2.29. The Bertz CT molecular complexity index is 1030. The highest BCUT2D eigenvalue weighted by Gasteiger charge is 2.24. The Labute approximate surface area is 173 Å². The maximum Gasteiger partial charge on any atom is 0.332 e. The number of amides is 2. The molecule has 1 aliphatic heterocycles. The molecule has 29 heavy (non-hydrogen) atoms. The van der Waals surface area contributed by atoms with Gasteiger partial charge in [-0.15, -0.1) is 11.3 Å². The number of urea groups is 1. The average Bonchev–Trinajstić information content (AvgIpc) is 3.42. The minimum Gasteiger partial charge on any atom is -0.376 e. The third-order valence-electron chi connectivity index (χ3n) is 5.96. The van der Waals surface area contributed by atoms with Gasteiger partial charge in [-0.1, -0.05) is 12.8 Å². The summed E-state index contributed by atoms with van der Waals surface area (Å²) in [5.74, 6) is 0. The van der Waals surface area contributed by atoms with Crippen molar-refractivity contribution in [1.29, 1.82) is 0 Å². The van der Waals surface area contributed by atoms with Gasteiger partial charge in [-0.05, 0) is 32.3 Å². The van der Waals surface area contributed by atoms with Gasteiger partial charge in [-0.3, -0.25) is 13.9 Å². The van der Waals surface area contributed by atoms with E-state index in [1.807, 2.05) is 13.8 Å². The van der Waals surface area contributed by atoms with E-state index in [0.717, 1.165) is 23.3 Å². The van der Waals surface area contributed by atoms with Crippen molar-refractivity contribution in [3.05, 3.63) is 31.3 Å². The second-order valence-corrected chi connectivity index (χ2v) is 8.83. The molecule has 0 spiro atoms. The van der Waals surface area contributed by atoms with Gasteiger partial charge in [-0.2, -0.15) is 0 Å². The second-order valence-electron chi connectivity index (χ2n) is 7.74. The first-order valence-electron chi connectivity index (χ1n) is 10.4. The largest absolute Gasteiger partial charge is 0.376 e. The lowest BCUT2D eigenvalue weighted by Gasteiger charge is -2.14. The predicted octanol–water partition coefficient (Wildman–Crippen LogP) is 2.04. The van der Waals surface area contributed by atoms with E-state index in [2.05, 4.69) is 5.32 Å². The third-order valence-corrected chi connectivity index (χ3v) is 7.26. The Hall–Kier alpha value is -2.13. The second kappa shape index (κ2) is 8.31. The molecule has 1 saturated carbocycles. The number of aromatic nitrogens is 2. The zero-order chi connectivity index (χ0) is 20.5. The first-order valence-corrected chi connectivity index (χ1v) is 11.2. The van der Waals surface area contributed by atoms with Crippen molar-refractivity contribution >= 4 is 27.6 Å². The SMILES string of the molecule is CCn1c(=O)c2c(C)c(CN3CCNC3=O)sc2n(CCOC2CCCC2)c1=O. The van der Waals surface area contributed by atoms with Crippen molar-refractivity contribution in [2.45, 2.75) is 65.3 Å². The molecule has 0 unspecified atom stereocenters. The predicted molar refractivity (Wildman–Crippen MR) is 113 cm³/mol. The molecule has 4 rings (SSSR count). The molecule has 0 aromatic carbocycles. The summed E-state index contributed by atoms with van der Waals surface area (Å²) < 4.78 is 8.95. The summed E-state index contributed by atoms with van der Waals surface area (Å²) in [6.07, 6.45) is 4.85. The van der Waals surface area contributed by atoms with Crippen molar-refractivity contribution in [3.63, 3.8) is 0 Å². The van der Waals surface area contributed by atoms with Crippen LogP contribution in [0.2, 0.25) is 0 Å².